The molecule has 0 aliphatic carbocycles. The number of fused-ring (bicyclic) bond motifs is 1. The Morgan fingerprint density at radius 3 is 2.75 bits per heavy atom. The van der Waals surface area contributed by atoms with E-state index in [-0.39, 0.29) is 5.91 Å². The number of nitrogens with one attached hydrogen (secondary N) is 2. The van der Waals surface area contributed by atoms with Gasteiger partial charge in [0.2, 0.25) is 0 Å². The second-order valence-corrected chi connectivity index (χ2v) is 6.32. The Morgan fingerprint density at radius 2 is 1.89 bits per heavy atom. The number of nitrogens with zero attached hydrogens (tertiary/aromatic N) is 4. The van der Waals surface area contributed by atoms with Gasteiger partial charge in [-0.2, -0.15) is 5.10 Å². The molecule has 28 heavy (non-hydrogen) atoms. The Kier molecular flexibility index (Phi) is 4.97. The summed E-state index contributed by atoms with van der Waals surface area (Å²) < 4.78 is 1.68. The first-order chi connectivity index (χ1) is 13.7. The van der Waals surface area contributed by atoms with Crippen molar-refractivity contribution in [1.29, 1.82) is 0 Å². The van der Waals surface area contributed by atoms with Crippen molar-refractivity contribution >= 4 is 22.5 Å². The van der Waals surface area contributed by atoms with Gasteiger partial charge < -0.3 is 10.6 Å². The molecule has 2 N–H and O–H groups in total. The van der Waals surface area contributed by atoms with E-state index in [2.05, 4.69) is 25.7 Å². The average Bonchev–Trinajstić information content (AvgIpc) is 3.25. The van der Waals surface area contributed by atoms with E-state index in [1.807, 2.05) is 67.7 Å². The number of aromatic nitrogens is 4. The number of amides is 1. The van der Waals surface area contributed by atoms with Crippen LogP contribution in [0, 0.1) is 6.92 Å². The number of carbonyl (C=O) groups excluding carboxylic acids is 1. The van der Waals surface area contributed by atoms with Crippen LogP contribution in [0.2, 0.25) is 0 Å². The molecule has 0 fully saturated rings. The van der Waals surface area contributed by atoms with E-state index in [4.69, 9.17) is 0 Å². The molecule has 2 aromatic heterocycles. The van der Waals surface area contributed by atoms with Crippen molar-refractivity contribution in [3.63, 3.8) is 0 Å². The first-order valence-corrected chi connectivity index (χ1v) is 9.06. The lowest BCUT2D eigenvalue weighted by Crippen LogP contribution is -2.29. The van der Waals surface area contributed by atoms with Crippen molar-refractivity contribution < 1.29 is 4.79 Å². The number of aryl methyl sites for hydroxylation is 1. The zero-order valence-electron chi connectivity index (χ0n) is 15.5. The minimum atomic E-state index is -0.0882. The van der Waals surface area contributed by atoms with E-state index in [0.717, 1.165) is 10.8 Å². The molecule has 7 nitrogen and oxygen atoms in total. The van der Waals surface area contributed by atoms with E-state index in [9.17, 15) is 4.79 Å². The van der Waals surface area contributed by atoms with Crippen LogP contribution in [0.15, 0.2) is 67.0 Å². The quantitative estimate of drug-likeness (QED) is 0.508. The standard InChI is InChI=1S/C21H20N6O/c1-15-25-19(14-20(26-15)27-13-5-10-24-27)22-11-12-23-21(28)18-9-4-7-16-6-2-3-8-17(16)18/h2-10,13-14H,11-12H2,1H3,(H,23,28)(H,22,25,26). The molecular weight excluding hydrogens is 352 g/mol. The van der Waals surface area contributed by atoms with E-state index in [0.29, 0.717) is 36.1 Å². The van der Waals surface area contributed by atoms with E-state index in [1.54, 1.807) is 10.9 Å². The molecule has 4 rings (SSSR count). The maximum Gasteiger partial charge on any atom is 0.251 e. The molecule has 0 aliphatic rings. The summed E-state index contributed by atoms with van der Waals surface area (Å²) in [5, 5.41) is 12.4. The van der Waals surface area contributed by atoms with Crippen LogP contribution in [0.1, 0.15) is 16.2 Å². The van der Waals surface area contributed by atoms with Crippen LogP contribution in [0.5, 0.6) is 0 Å². The predicted molar refractivity (Wildman–Crippen MR) is 109 cm³/mol. The zero-order valence-corrected chi connectivity index (χ0v) is 15.5. The molecule has 0 saturated heterocycles. The number of carbonyl (C=O) groups is 1. The van der Waals surface area contributed by atoms with Crippen molar-refractivity contribution in [2.45, 2.75) is 6.92 Å². The smallest absolute Gasteiger partial charge is 0.251 e. The maximum absolute atomic E-state index is 12.6. The van der Waals surface area contributed by atoms with Crippen LogP contribution < -0.4 is 10.6 Å². The predicted octanol–water partition coefficient (Wildman–Crippen LogP) is 2.97. The third-order valence-corrected chi connectivity index (χ3v) is 4.31. The molecule has 0 spiro atoms. The lowest BCUT2D eigenvalue weighted by Gasteiger charge is -2.10. The van der Waals surface area contributed by atoms with Gasteiger partial charge in [-0.1, -0.05) is 36.4 Å². The monoisotopic (exact) mass is 372 g/mol. The molecule has 0 saturated carbocycles. The molecule has 4 aromatic rings. The number of hydrogen-bond donors (Lipinski definition) is 2. The summed E-state index contributed by atoms with van der Waals surface area (Å²) in [6.45, 7) is 2.86. The Labute approximate surface area is 162 Å². The molecule has 7 heteroatoms. The summed E-state index contributed by atoms with van der Waals surface area (Å²) in [6, 6.07) is 17.3. The molecule has 0 aliphatic heterocycles. The Balaban J connectivity index is 1.38. The van der Waals surface area contributed by atoms with Crippen molar-refractivity contribution in [1.82, 2.24) is 25.1 Å². The number of rotatable bonds is 6. The van der Waals surface area contributed by atoms with Crippen molar-refractivity contribution in [2.75, 3.05) is 18.4 Å². The number of anilines is 1. The van der Waals surface area contributed by atoms with E-state index in [1.165, 1.54) is 0 Å². The number of hydrogen-bond acceptors (Lipinski definition) is 5. The molecule has 1 amide bonds. The molecule has 0 bridgehead atoms. The molecular formula is C21H20N6O. The highest BCUT2D eigenvalue weighted by atomic mass is 16.1. The largest absolute Gasteiger partial charge is 0.368 e. The van der Waals surface area contributed by atoms with Gasteiger partial charge in [0.25, 0.3) is 5.91 Å². The zero-order chi connectivity index (χ0) is 19.3. The third-order valence-electron chi connectivity index (χ3n) is 4.31. The van der Waals surface area contributed by atoms with Crippen molar-refractivity contribution in [2.24, 2.45) is 0 Å². The van der Waals surface area contributed by atoms with Gasteiger partial charge in [0.1, 0.15) is 11.6 Å². The van der Waals surface area contributed by atoms with Crippen molar-refractivity contribution in [3.05, 3.63) is 78.4 Å². The molecule has 0 atom stereocenters. The van der Waals surface area contributed by atoms with E-state index >= 15 is 0 Å². The fraction of sp³-hybridized carbons (Fsp3) is 0.143. The summed E-state index contributed by atoms with van der Waals surface area (Å²) in [5.74, 6) is 1.95. The molecule has 140 valence electrons. The fourth-order valence-electron chi connectivity index (χ4n) is 3.05. The topological polar surface area (TPSA) is 84.7 Å². The van der Waals surface area contributed by atoms with Gasteiger partial charge in [-0.25, -0.2) is 14.6 Å². The summed E-state index contributed by atoms with van der Waals surface area (Å²) in [5.41, 5.74) is 0.678. The lowest BCUT2D eigenvalue weighted by atomic mass is 10.0. The van der Waals surface area contributed by atoms with Crippen LogP contribution in [-0.2, 0) is 0 Å². The first kappa shape index (κ1) is 17.7. The van der Waals surface area contributed by atoms with Gasteiger partial charge in [0.15, 0.2) is 5.82 Å². The normalized spacial score (nSPS) is 10.8. The van der Waals surface area contributed by atoms with Crippen LogP contribution in [-0.4, -0.2) is 38.7 Å². The fourth-order valence-corrected chi connectivity index (χ4v) is 3.05. The number of benzene rings is 2. The van der Waals surface area contributed by atoms with Gasteiger partial charge in [0, 0.05) is 37.1 Å². The third kappa shape index (κ3) is 3.83. The average molecular weight is 372 g/mol. The molecule has 2 aromatic carbocycles. The maximum atomic E-state index is 12.6. The lowest BCUT2D eigenvalue weighted by molar-refractivity contribution is 0.0957. The summed E-state index contributed by atoms with van der Waals surface area (Å²) in [7, 11) is 0. The molecule has 0 radical (unpaired) electrons. The van der Waals surface area contributed by atoms with Crippen LogP contribution in [0.3, 0.4) is 0 Å². The Bertz CT molecular complexity index is 1100. The van der Waals surface area contributed by atoms with Gasteiger partial charge >= 0.3 is 0 Å². The van der Waals surface area contributed by atoms with Crippen LogP contribution >= 0.6 is 0 Å². The Morgan fingerprint density at radius 1 is 1.04 bits per heavy atom. The van der Waals surface area contributed by atoms with Crippen LogP contribution in [0.25, 0.3) is 16.6 Å². The second kappa shape index (κ2) is 7.87. The van der Waals surface area contributed by atoms with Gasteiger partial charge in [0.05, 0.1) is 0 Å². The van der Waals surface area contributed by atoms with E-state index < -0.39 is 0 Å². The molecule has 2 heterocycles. The van der Waals surface area contributed by atoms with Gasteiger partial charge in [-0.05, 0) is 29.8 Å². The minimum Gasteiger partial charge on any atom is -0.368 e. The van der Waals surface area contributed by atoms with Crippen LogP contribution in [0.4, 0.5) is 5.82 Å². The second-order valence-electron chi connectivity index (χ2n) is 6.32. The minimum absolute atomic E-state index is 0.0882. The highest BCUT2D eigenvalue weighted by Gasteiger charge is 2.09. The summed E-state index contributed by atoms with van der Waals surface area (Å²) in [6.07, 6.45) is 3.53. The van der Waals surface area contributed by atoms with Gasteiger partial charge in [-0.3, -0.25) is 4.79 Å². The first-order valence-electron chi connectivity index (χ1n) is 9.06. The van der Waals surface area contributed by atoms with Gasteiger partial charge in [-0.15, -0.1) is 0 Å². The summed E-state index contributed by atoms with van der Waals surface area (Å²) >= 11 is 0. The Hall–Kier alpha value is -3.74. The SMILES string of the molecule is Cc1nc(NCCNC(=O)c2cccc3ccccc23)cc(-n2cccn2)n1. The van der Waals surface area contributed by atoms with Crippen molar-refractivity contribution in [3.8, 4) is 5.82 Å². The highest BCUT2D eigenvalue weighted by molar-refractivity contribution is 6.06. The molecule has 0 unspecified atom stereocenters. The highest BCUT2D eigenvalue weighted by Crippen LogP contribution is 2.18. The summed E-state index contributed by atoms with van der Waals surface area (Å²) in [4.78, 5) is 21.3.